The number of esters is 3. The van der Waals surface area contributed by atoms with Gasteiger partial charge in [0.25, 0.3) is 0 Å². The van der Waals surface area contributed by atoms with E-state index in [2.05, 4.69) is 15.0 Å². The Morgan fingerprint density at radius 1 is 1.10 bits per heavy atom. The number of carbonyl (C=O) groups is 3. The molecule has 13 heteroatoms. The smallest absolute Gasteiger partial charge is 0.303 e. The van der Waals surface area contributed by atoms with Gasteiger partial charge in [-0.1, -0.05) is 0 Å². The summed E-state index contributed by atoms with van der Waals surface area (Å²) >= 11 is 0. The molecule has 0 spiro atoms. The average molecular weight is 436 g/mol. The second kappa shape index (κ2) is 8.71. The second-order valence-corrected chi connectivity index (χ2v) is 7.14. The van der Waals surface area contributed by atoms with Gasteiger partial charge < -0.3 is 29.6 Å². The summed E-state index contributed by atoms with van der Waals surface area (Å²) in [6.07, 6.45) is -2.53. The molecule has 2 aromatic heterocycles. The topological polar surface area (TPSA) is 161 Å². The Balaban J connectivity index is 2.07. The lowest BCUT2D eigenvalue weighted by molar-refractivity contribution is -0.166. The molecule has 0 amide bonds. The minimum absolute atomic E-state index is 0.00739. The number of imidazole rings is 1. The lowest BCUT2D eigenvalue weighted by Gasteiger charge is -2.23. The zero-order chi connectivity index (χ0) is 22.9. The Labute approximate surface area is 177 Å². The molecule has 2 aromatic rings. The van der Waals surface area contributed by atoms with Crippen LogP contribution in [-0.4, -0.2) is 76.4 Å². The summed E-state index contributed by atoms with van der Waals surface area (Å²) < 4.78 is 23.4. The number of hydrogen-bond donors (Lipinski definition) is 1. The van der Waals surface area contributed by atoms with Gasteiger partial charge in [-0.15, -0.1) is 0 Å². The molecule has 0 unspecified atom stereocenters. The van der Waals surface area contributed by atoms with Crippen LogP contribution < -0.4 is 10.6 Å². The minimum Gasteiger partial charge on any atom is -0.463 e. The Hall–Kier alpha value is -3.48. The fraction of sp³-hybridized carbons (Fsp3) is 0.556. The van der Waals surface area contributed by atoms with E-state index >= 15 is 0 Å². The highest BCUT2D eigenvalue weighted by Crippen LogP contribution is 2.36. The standard InChI is InChI=1S/C18H24N6O7/c1-8(25)28-6-11-13(29-9(2)26)14(30-10(3)27)17(31-11)24-7-20-12-15(23(4)5)21-18(19)22-16(12)24/h7,11,13-14,17H,6H2,1-5H3,(H2,19,21,22)/t11-,13-,14-,17-/m1/s1. The van der Waals surface area contributed by atoms with Gasteiger partial charge in [0, 0.05) is 34.9 Å². The Morgan fingerprint density at radius 3 is 2.32 bits per heavy atom. The van der Waals surface area contributed by atoms with Crippen LogP contribution in [-0.2, 0) is 33.3 Å². The maximum atomic E-state index is 11.8. The fourth-order valence-corrected chi connectivity index (χ4v) is 3.33. The van der Waals surface area contributed by atoms with E-state index in [4.69, 9.17) is 24.7 Å². The number of ether oxygens (including phenoxy) is 4. The van der Waals surface area contributed by atoms with Crippen molar-refractivity contribution in [1.82, 2.24) is 19.5 Å². The monoisotopic (exact) mass is 436 g/mol. The molecule has 1 fully saturated rings. The van der Waals surface area contributed by atoms with E-state index in [0.717, 1.165) is 0 Å². The summed E-state index contributed by atoms with van der Waals surface area (Å²) in [5.74, 6) is -1.28. The number of nitrogens with two attached hydrogens (primary N) is 1. The third-order valence-electron chi connectivity index (χ3n) is 4.46. The first kappa shape index (κ1) is 22.2. The summed E-state index contributed by atoms with van der Waals surface area (Å²) in [6.45, 7) is 3.46. The maximum absolute atomic E-state index is 11.8. The number of nitrogen functional groups attached to an aromatic ring is 1. The zero-order valence-corrected chi connectivity index (χ0v) is 17.8. The number of fused-ring (bicyclic) bond motifs is 1. The third-order valence-corrected chi connectivity index (χ3v) is 4.46. The number of carbonyl (C=O) groups excluding carboxylic acids is 3. The van der Waals surface area contributed by atoms with Gasteiger partial charge in [0.2, 0.25) is 5.95 Å². The molecular formula is C18H24N6O7. The highest BCUT2D eigenvalue weighted by Gasteiger charge is 2.51. The summed E-state index contributed by atoms with van der Waals surface area (Å²) in [7, 11) is 3.56. The Bertz CT molecular complexity index is 1010. The van der Waals surface area contributed by atoms with Crippen LogP contribution in [0.15, 0.2) is 6.33 Å². The number of nitrogens with zero attached hydrogens (tertiary/aromatic N) is 5. The highest BCUT2D eigenvalue weighted by atomic mass is 16.7. The highest BCUT2D eigenvalue weighted by molar-refractivity contribution is 5.84. The molecule has 4 atom stereocenters. The predicted molar refractivity (Wildman–Crippen MR) is 106 cm³/mol. The van der Waals surface area contributed by atoms with Crippen LogP contribution in [0, 0.1) is 0 Å². The molecule has 0 aliphatic carbocycles. The molecule has 13 nitrogen and oxygen atoms in total. The van der Waals surface area contributed by atoms with Crippen molar-refractivity contribution in [3.05, 3.63) is 6.33 Å². The average Bonchev–Trinajstić information content (AvgIpc) is 3.20. The van der Waals surface area contributed by atoms with Crippen LogP contribution in [0.2, 0.25) is 0 Å². The van der Waals surface area contributed by atoms with Crippen LogP contribution in [0.5, 0.6) is 0 Å². The molecule has 1 saturated heterocycles. The van der Waals surface area contributed by atoms with Gasteiger partial charge >= 0.3 is 17.9 Å². The van der Waals surface area contributed by atoms with Gasteiger partial charge in [0.05, 0.1) is 6.33 Å². The number of rotatable bonds is 6. The van der Waals surface area contributed by atoms with Gasteiger partial charge in [-0.05, 0) is 0 Å². The van der Waals surface area contributed by atoms with Crippen molar-refractivity contribution in [2.45, 2.75) is 45.3 Å². The predicted octanol–water partition coefficient (Wildman–Crippen LogP) is -0.202. The molecular weight excluding hydrogens is 412 g/mol. The van der Waals surface area contributed by atoms with E-state index in [1.54, 1.807) is 19.0 Å². The second-order valence-electron chi connectivity index (χ2n) is 7.14. The largest absolute Gasteiger partial charge is 0.463 e. The Kier molecular flexibility index (Phi) is 6.24. The maximum Gasteiger partial charge on any atom is 0.303 e. The molecule has 0 aromatic carbocycles. The third kappa shape index (κ3) is 4.66. The van der Waals surface area contributed by atoms with Crippen molar-refractivity contribution in [1.29, 1.82) is 0 Å². The van der Waals surface area contributed by atoms with Crippen LogP contribution in [0.1, 0.15) is 27.0 Å². The van der Waals surface area contributed by atoms with E-state index in [0.29, 0.717) is 17.0 Å². The minimum atomic E-state index is -1.06. The molecule has 0 saturated carbocycles. The van der Waals surface area contributed by atoms with Crippen molar-refractivity contribution >= 4 is 40.8 Å². The molecule has 3 rings (SSSR count). The molecule has 168 valence electrons. The van der Waals surface area contributed by atoms with Gasteiger partial charge in [0.15, 0.2) is 35.4 Å². The van der Waals surface area contributed by atoms with Crippen molar-refractivity contribution in [2.75, 3.05) is 31.3 Å². The molecule has 1 aliphatic heterocycles. The molecule has 1 aliphatic rings. The first-order valence-electron chi connectivity index (χ1n) is 9.39. The number of hydrogen-bond acceptors (Lipinski definition) is 12. The lowest BCUT2D eigenvalue weighted by Crippen LogP contribution is -2.40. The van der Waals surface area contributed by atoms with E-state index in [1.807, 2.05) is 0 Å². The Morgan fingerprint density at radius 2 is 1.74 bits per heavy atom. The normalized spacial score (nSPS) is 22.9. The van der Waals surface area contributed by atoms with E-state index < -0.39 is 42.4 Å². The lowest BCUT2D eigenvalue weighted by atomic mass is 10.1. The molecule has 0 bridgehead atoms. The summed E-state index contributed by atoms with van der Waals surface area (Å²) in [5, 5.41) is 0. The first-order valence-corrected chi connectivity index (χ1v) is 9.39. The van der Waals surface area contributed by atoms with Crippen LogP contribution in [0.25, 0.3) is 11.2 Å². The summed E-state index contributed by atoms with van der Waals surface area (Å²) in [4.78, 5) is 49.3. The summed E-state index contributed by atoms with van der Waals surface area (Å²) in [6, 6.07) is 0. The van der Waals surface area contributed by atoms with Crippen molar-refractivity contribution < 1.29 is 33.3 Å². The zero-order valence-electron chi connectivity index (χ0n) is 17.8. The van der Waals surface area contributed by atoms with E-state index in [-0.39, 0.29) is 12.6 Å². The van der Waals surface area contributed by atoms with Crippen LogP contribution in [0.3, 0.4) is 0 Å². The van der Waals surface area contributed by atoms with Gasteiger partial charge in [-0.25, -0.2) is 4.98 Å². The molecule has 3 heterocycles. The molecule has 0 radical (unpaired) electrons. The van der Waals surface area contributed by atoms with Crippen molar-refractivity contribution in [3.63, 3.8) is 0 Å². The van der Waals surface area contributed by atoms with Gasteiger partial charge in [0.1, 0.15) is 12.7 Å². The number of aromatic nitrogens is 4. The summed E-state index contributed by atoms with van der Waals surface area (Å²) in [5.41, 5.74) is 6.63. The van der Waals surface area contributed by atoms with Crippen molar-refractivity contribution in [3.8, 4) is 0 Å². The van der Waals surface area contributed by atoms with Crippen molar-refractivity contribution in [2.24, 2.45) is 0 Å². The molecule has 2 N–H and O–H groups in total. The molecule has 31 heavy (non-hydrogen) atoms. The fourth-order valence-electron chi connectivity index (χ4n) is 3.33. The SMILES string of the molecule is CC(=O)OC[C@H]1O[C@@H](n2cnc3c(N(C)C)nc(N)nc32)[C@H](OC(C)=O)[C@@H]1OC(C)=O. The van der Waals surface area contributed by atoms with Gasteiger partial charge in [-0.3, -0.25) is 19.0 Å². The quantitative estimate of drug-likeness (QED) is 0.469. The van der Waals surface area contributed by atoms with Crippen LogP contribution >= 0.6 is 0 Å². The number of anilines is 2. The van der Waals surface area contributed by atoms with Crippen LogP contribution in [0.4, 0.5) is 11.8 Å². The van der Waals surface area contributed by atoms with Gasteiger partial charge in [-0.2, -0.15) is 9.97 Å². The van der Waals surface area contributed by atoms with E-state index in [1.165, 1.54) is 31.7 Å². The van der Waals surface area contributed by atoms with E-state index in [9.17, 15) is 14.4 Å². The first-order chi connectivity index (χ1) is 14.6.